The van der Waals surface area contributed by atoms with E-state index in [1.165, 1.54) is 42.6 Å². The topological polar surface area (TPSA) is 24.1 Å². The maximum absolute atomic E-state index is 3.58. The SMILES string of the molecule is Cc1cc(C(C)(C)C)ccc1NCCC1CCCN1. The zero-order valence-electron chi connectivity index (χ0n) is 12.8. The zero-order valence-corrected chi connectivity index (χ0v) is 12.8. The van der Waals surface area contributed by atoms with Crippen LogP contribution in [0.3, 0.4) is 0 Å². The molecule has 0 aromatic heterocycles. The fourth-order valence-electron chi connectivity index (χ4n) is 2.71. The minimum atomic E-state index is 0.233. The standard InChI is InChI=1S/C17H28N2/c1-13-12-14(17(2,3)4)7-8-16(13)19-11-9-15-6-5-10-18-15/h7-8,12,15,18-19H,5-6,9-11H2,1-4H3. The lowest BCUT2D eigenvalue weighted by molar-refractivity contribution is 0.574. The molecular formula is C17H28N2. The fourth-order valence-corrected chi connectivity index (χ4v) is 2.71. The van der Waals surface area contributed by atoms with E-state index in [9.17, 15) is 0 Å². The lowest BCUT2D eigenvalue weighted by atomic mass is 9.86. The third-order valence-electron chi connectivity index (χ3n) is 4.06. The summed E-state index contributed by atoms with van der Waals surface area (Å²) in [4.78, 5) is 0. The highest BCUT2D eigenvalue weighted by atomic mass is 14.9. The molecule has 2 rings (SSSR count). The van der Waals surface area contributed by atoms with Gasteiger partial charge in [0, 0.05) is 18.3 Å². The van der Waals surface area contributed by atoms with E-state index in [1.807, 2.05) is 0 Å². The number of nitrogens with one attached hydrogen (secondary N) is 2. The number of rotatable bonds is 4. The summed E-state index contributed by atoms with van der Waals surface area (Å²) in [6.45, 7) is 11.3. The second kappa shape index (κ2) is 5.96. The van der Waals surface area contributed by atoms with Gasteiger partial charge in [-0.1, -0.05) is 32.9 Å². The van der Waals surface area contributed by atoms with Gasteiger partial charge in [0.05, 0.1) is 0 Å². The monoisotopic (exact) mass is 260 g/mol. The Morgan fingerprint density at radius 2 is 2.11 bits per heavy atom. The summed E-state index contributed by atoms with van der Waals surface area (Å²) in [6, 6.07) is 7.53. The first-order valence-electron chi connectivity index (χ1n) is 7.55. The predicted molar refractivity (Wildman–Crippen MR) is 84.0 cm³/mol. The Morgan fingerprint density at radius 1 is 1.32 bits per heavy atom. The first kappa shape index (κ1) is 14.4. The largest absolute Gasteiger partial charge is 0.385 e. The van der Waals surface area contributed by atoms with E-state index in [-0.39, 0.29) is 5.41 Å². The van der Waals surface area contributed by atoms with Crippen LogP contribution in [0.5, 0.6) is 0 Å². The molecule has 2 nitrogen and oxygen atoms in total. The Kier molecular flexibility index (Phi) is 4.51. The van der Waals surface area contributed by atoms with Crippen LogP contribution in [0.25, 0.3) is 0 Å². The molecule has 0 saturated carbocycles. The molecule has 0 radical (unpaired) electrons. The third-order valence-corrected chi connectivity index (χ3v) is 4.06. The Bertz CT molecular complexity index is 412. The Hall–Kier alpha value is -1.02. The second-order valence-electron chi connectivity index (χ2n) is 6.79. The van der Waals surface area contributed by atoms with E-state index in [2.05, 4.69) is 56.5 Å². The molecule has 1 fully saturated rings. The molecule has 1 aliphatic rings. The van der Waals surface area contributed by atoms with Gasteiger partial charge in [0.25, 0.3) is 0 Å². The number of hydrogen-bond donors (Lipinski definition) is 2. The molecule has 0 amide bonds. The summed E-state index contributed by atoms with van der Waals surface area (Å²) < 4.78 is 0. The van der Waals surface area contributed by atoms with E-state index in [0.29, 0.717) is 0 Å². The van der Waals surface area contributed by atoms with Gasteiger partial charge in [-0.15, -0.1) is 0 Å². The fraction of sp³-hybridized carbons (Fsp3) is 0.647. The van der Waals surface area contributed by atoms with Crippen LogP contribution in [0.15, 0.2) is 18.2 Å². The Morgan fingerprint density at radius 3 is 2.68 bits per heavy atom. The van der Waals surface area contributed by atoms with Crippen molar-refractivity contribution in [3.63, 3.8) is 0 Å². The van der Waals surface area contributed by atoms with Gasteiger partial charge >= 0.3 is 0 Å². The van der Waals surface area contributed by atoms with Crippen molar-refractivity contribution < 1.29 is 0 Å². The highest BCUT2D eigenvalue weighted by Crippen LogP contribution is 2.26. The molecule has 1 aromatic carbocycles. The molecule has 2 heteroatoms. The van der Waals surface area contributed by atoms with Gasteiger partial charge in [-0.25, -0.2) is 0 Å². The molecule has 1 aromatic rings. The zero-order chi connectivity index (χ0) is 13.9. The van der Waals surface area contributed by atoms with Crippen molar-refractivity contribution in [1.82, 2.24) is 5.32 Å². The molecule has 1 heterocycles. The smallest absolute Gasteiger partial charge is 0.0370 e. The minimum absolute atomic E-state index is 0.233. The van der Waals surface area contributed by atoms with Crippen molar-refractivity contribution in [2.75, 3.05) is 18.4 Å². The summed E-state index contributed by atoms with van der Waals surface area (Å²) in [5.41, 5.74) is 4.28. The molecule has 0 bridgehead atoms. The number of aryl methyl sites for hydroxylation is 1. The molecular weight excluding hydrogens is 232 g/mol. The summed E-state index contributed by atoms with van der Waals surface area (Å²) >= 11 is 0. The number of hydrogen-bond acceptors (Lipinski definition) is 2. The van der Waals surface area contributed by atoms with E-state index in [0.717, 1.165) is 12.6 Å². The van der Waals surface area contributed by atoms with Gasteiger partial charge in [0.1, 0.15) is 0 Å². The van der Waals surface area contributed by atoms with Crippen LogP contribution in [0.1, 0.15) is 51.2 Å². The summed E-state index contributed by atoms with van der Waals surface area (Å²) in [6.07, 6.45) is 3.90. The van der Waals surface area contributed by atoms with Gasteiger partial charge < -0.3 is 10.6 Å². The average Bonchev–Trinajstić information content (AvgIpc) is 2.83. The molecule has 1 aliphatic heterocycles. The maximum atomic E-state index is 3.58. The van der Waals surface area contributed by atoms with Crippen molar-refractivity contribution >= 4 is 5.69 Å². The van der Waals surface area contributed by atoms with Gasteiger partial charge in [-0.05, 0) is 55.3 Å². The number of anilines is 1. The predicted octanol–water partition coefficient (Wildman–Crippen LogP) is 3.85. The molecule has 2 N–H and O–H groups in total. The highest BCUT2D eigenvalue weighted by Gasteiger charge is 2.15. The number of benzene rings is 1. The third kappa shape index (κ3) is 3.97. The quantitative estimate of drug-likeness (QED) is 0.859. The van der Waals surface area contributed by atoms with E-state index >= 15 is 0 Å². The van der Waals surface area contributed by atoms with E-state index in [1.54, 1.807) is 0 Å². The lowest BCUT2D eigenvalue weighted by Crippen LogP contribution is -2.24. The van der Waals surface area contributed by atoms with E-state index < -0.39 is 0 Å². The minimum Gasteiger partial charge on any atom is -0.385 e. The van der Waals surface area contributed by atoms with Crippen molar-refractivity contribution in [2.24, 2.45) is 0 Å². The molecule has 0 aliphatic carbocycles. The van der Waals surface area contributed by atoms with Crippen LogP contribution in [-0.4, -0.2) is 19.1 Å². The summed E-state index contributed by atoms with van der Waals surface area (Å²) in [7, 11) is 0. The van der Waals surface area contributed by atoms with Crippen molar-refractivity contribution in [3.05, 3.63) is 29.3 Å². The average molecular weight is 260 g/mol. The summed E-state index contributed by atoms with van der Waals surface area (Å²) in [5.74, 6) is 0. The first-order chi connectivity index (χ1) is 8.97. The van der Waals surface area contributed by atoms with Crippen molar-refractivity contribution in [3.8, 4) is 0 Å². The van der Waals surface area contributed by atoms with Crippen LogP contribution >= 0.6 is 0 Å². The van der Waals surface area contributed by atoms with Crippen LogP contribution in [-0.2, 0) is 5.41 Å². The van der Waals surface area contributed by atoms with Crippen LogP contribution in [0.4, 0.5) is 5.69 Å². The normalized spacial score (nSPS) is 19.7. The second-order valence-corrected chi connectivity index (χ2v) is 6.79. The van der Waals surface area contributed by atoms with Crippen LogP contribution in [0.2, 0.25) is 0 Å². The molecule has 1 atom stereocenters. The van der Waals surface area contributed by atoms with Gasteiger partial charge in [-0.3, -0.25) is 0 Å². The van der Waals surface area contributed by atoms with Gasteiger partial charge in [0.15, 0.2) is 0 Å². The van der Waals surface area contributed by atoms with E-state index in [4.69, 9.17) is 0 Å². The van der Waals surface area contributed by atoms with Gasteiger partial charge in [-0.2, -0.15) is 0 Å². The molecule has 1 unspecified atom stereocenters. The van der Waals surface area contributed by atoms with Crippen molar-refractivity contribution in [2.45, 2.75) is 58.4 Å². The Labute approximate surface area is 118 Å². The van der Waals surface area contributed by atoms with Crippen LogP contribution < -0.4 is 10.6 Å². The van der Waals surface area contributed by atoms with Crippen LogP contribution in [0, 0.1) is 6.92 Å². The van der Waals surface area contributed by atoms with Crippen molar-refractivity contribution in [1.29, 1.82) is 0 Å². The first-order valence-corrected chi connectivity index (χ1v) is 7.55. The molecule has 1 saturated heterocycles. The summed E-state index contributed by atoms with van der Waals surface area (Å²) in [5, 5.41) is 7.12. The Balaban J connectivity index is 1.90. The highest BCUT2D eigenvalue weighted by molar-refractivity contribution is 5.52. The maximum Gasteiger partial charge on any atom is 0.0370 e. The molecule has 19 heavy (non-hydrogen) atoms. The van der Waals surface area contributed by atoms with Gasteiger partial charge in [0.2, 0.25) is 0 Å². The lowest BCUT2D eigenvalue weighted by Gasteiger charge is -2.21. The molecule has 106 valence electrons. The molecule has 0 spiro atoms.